The normalized spacial score (nSPS) is 21.8. The Hall–Kier alpha value is -1.71. The van der Waals surface area contributed by atoms with E-state index in [1.54, 1.807) is 4.90 Å². The van der Waals surface area contributed by atoms with Crippen molar-refractivity contribution in [2.75, 3.05) is 13.2 Å². The van der Waals surface area contributed by atoms with Crippen LogP contribution in [0.3, 0.4) is 0 Å². The molecule has 0 atom stereocenters. The van der Waals surface area contributed by atoms with E-state index >= 15 is 0 Å². The molecular weight excluding hydrogens is 290 g/mol. The van der Waals surface area contributed by atoms with Gasteiger partial charge in [-0.3, -0.25) is 0 Å². The topological polar surface area (TPSA) is 38.8 Å². The Labute approximate surface area is 138 Å². The monoisotopic (exact) mass is 317 g/mol. The van der Waals surface area contributed by atoms with Gasteiger partial charge in [-0.2, -0.15) is 0 Å². The fraction of sp³-hybridized carbons (Fsp3) is 0.632. The van der Waals surface area contributed by atoms with Crippen molar-refractivity contribution < 1.29 is 14.3 Å². The first-order valence-electron chi connectivity index (χ1n) is 8.69. The van der Waals surface area contributed by atoms with Crippen molar-refractivity contribution >= 4 is 6.09 Å². The highest BCUT2D eigenvalue weighted by atomic mass is 16.6. The molecule has 1 amide bonds. The van der Waals surface area contributed by atoms with Crippen LogP contribution in [-0.4, -0.2) is 30.2 Å². The summed E-state index contributed by atoms with van der Waals surface area (Å²) in [4.78, 5) is 13.7. The molecule has 1 aromatic rings. The molecule has 0 N–H and O–H groups in total. The van der Waals surface area contributed by atoms with Gasteiger partial charge in [0.1, 0.15) is 5.75 Å². The lowest BCUT2D eigenvalue weighted by molar-refractivity contribution is 0.00679. The lowest BCUT2D eigenvalue weighted by Gasteiger charge is -2.37. The summed E-state index contributed by atoms with van der Waals surface area (Å²) in [7, 11) is 0. The Morgan fingerprint density at radius 3 is 2.57 bits per heavy atom. The van der Waals surface area contributed by atoms with E-state index in [1.165, 1.54) is 19.3 Å². The fourth-order valence-corrected chi connectivity index (χ4v) is 3.36. The van der Waals surface area contributed by atoms with Crippen LogP contribution < -0.4 is 4.74 Å². The van der Waals surface area contributed by atoms with Crippen molar-refractivity contribution in [3.05, 3.63) is 29.8 Å². The van der Waals surface area contributed by atoms with Crippen molar-refractivity contribution in [1.82, 2.24) is 4.90 Å². The van der Waals surface area contributed by atoms with Crippen molar-refractivity contribution in [3.63, 3.8) is 0 Å². The van der Waals surface area contributed by atoms with E-state index in [1.807, 2.05) is 24.3 Å². The molecule has 126 valence electrons. The molecule has 0 spiro atoms. The first-order valence-corrected chi connectivity index (χ1v) is 8.69. The van der Waals surface area contributed by atoms with Crippen LogP contribution in [0.2, 0.25) is 0 Å². The molecule has 0 radical (unpaired) electrons. The van der Waals surface area contributed by atoms with Gasteiger partial charge < -0.3 is 14.4 Å². The van der Waals surface area contributed by atoms with Gasteiger partial charge in [0.05, 0.1) is 12.7 Å². The number of amides is 1. The van der Waals surface area contributed by atoms with Gasteiger partial charge in [-0.25, -0.2) is 4.79 Å². The summed E-state index contributed by atoms with van der Waals surface area (Å²) in [6.45, 7) is 6.05. The maximum absolute atomic E-state index is 11.9. The fourth-order valence-electron chi connectivity index (χ4n) is 3.36. The van der Waals surface area contributed by atoms with Crippen LogP contribution >= 0.6 is 0 Å². The van der Waals surface area contributed by atoms with Gasteiger partial charge in [-0.1, -0.05) is 32.4 Å². The highest BCUT2D eigenvalue weighted by Crippen LogP contribution is 2.26. The zero-order chi connectivity index (χ0) is 16.3. The van der Waals surface area contributed by atoms with Gasteiger partial charge in [-0.05, 0) is 43.4 Å². The number of nitrogens with zero attached hydrogens (tertiary/aromatic N) is 1. The predicted molar refractivity (Wildman–Crippen MR) is 89.5 cm³/mol. The van der Waals surface area contributed by atoms with Crippen LogP contribution in [0.5, 0.6) is 5.75 Å². The molecule has 3 rings (SSSR count). The second-order valence-electron chi connectivity index (χ2n) is 7.60. The van der Waals surface area contributed by atoms with Crippen LogP contribution in [0, 0.1) is 5.41 Å². The number of benzene rings is 1. The summed E-state index contributed by atoms with van der Waals surface area (Å²) >= 11 is 0. The molecule has 0 aromatic heterocycles. The zero-order valence-corrected chi connectivity index (χ0v) is 14.2. The quantitative estimate of drug-likeness (QED) is 0.827. The highest BCUT2D eigenvalue weighted by Gasteiger charge is 2.32. The minimum atomic E-state index is -0.216. The van der Waals surface area contributed by atoms with Crippen molar-refractivity contribution in [3.8, 4) is 5.75 Å². The minimum Gasteiger partial charge on any atom is -0.490 e. The van der Waals surface area contributed by atoms with Crippen LogP contribution in [0.4, 0.5) is 4.79 Å². The Morgan fingerprint density at radius 2 is 1.87 bits per heavy atom. The van der Waals surface area contributed by atoms with Gasteiger partial charge >= 0.3 is 6.09 Å². The Bertz CT molecular complexity index is 532. The molecule has 1 aliphatic heterocycles. The number of hydrogen-bond acceptors (Lipinski definition) is 3. The third-order valence-electron chi connectivity index (χ3n) is 4.62. The molecule has 4 nitrogen and oxygen atoms in total. The second kappa shape index (κ2) is 6.81. The van der Waals surface area contributed by atoms with Gasteiger partial charge in [0, 0.05) is 18.5 Å². The molecule has 1 saturated carbocycles. The number of carbonyl (C=O) groups is 1. The predicted octanol–water partition coefficient (Wildman–Crippen LogP) is 4.38. The third kappa shape index (κ3) is 4.40. The van der Waals surface area contributed by atoms with Crippen LogP contribution in [0.25, 0.3) is 0 Å². The standard InChI is InChI=1S/C19H27NO3/c1-19(2)13-20(18(21)22-14-19)12-15-8-10-17(11-9-15)23-16-6-4-3-5-7-16/h8-11,16H,3-7,12-14H2,1-2H3. The van der Waals surface area contributed by atoms with Crippen molar-refractivity contribution in [2.45, 2.75) is 58.6 Å². The minimum absolute atomic E-state index is 0.0118. The molecule has 0 unspecified atom stereocenters. The first-order chi connectivity index (χ1) is 11.0. The van der Waals surface area contributed by atoms with E-state index in [2.05, 4.69) is 13.8 Å². The van der Waals surface area contributed by atoms with Gasteiger partial charge in [0.15, 0.2) is 0 Å². The molecule has 1 aromatic carbocycles. The average molecular weight is 317 g/mol. The molecule has 0 bridgehead atoms. The van der Waals surface area contributed by atoms with E-state index in [0.717, 1.165) is 30.7 Å². The van der Waals surface area contributed by atoms with E-state index < -0.39 is 0 Å². The maximum Gasteiger partial charge on any atom is 0.410 e. The number of ether oxygens (including phenoxy) is 2. The molecule has 2 aliphatic rings. The summed E-state index contributed by atoms with van der Waals surface area (Å²) in [5.74, 6) is 0.933. The van der Waals surface area contributed by atoms with Crippen LogP contribution in [-0.2, 0) is 11.3 Å². The smallest absolute Gasteiger partial charge is 0.410 e. The number of carbonyl (C=O) groups excluding carboxylic acids is 1. The molecule has 1 aliphatic carbocycles. The summed E-state index contributed by atoms with van der Waals surface area (Å²) in [6.07, 6.45) is 6.36. The number of cyclic esters (lactones) is 1. The van der Waals surface area contributed by atoms with Crippen LogP contribution in [0.15, 0.2) is 24.3 Å². The Morgan fingerprint density at radius 1 is 1.17 bits per heavy atom. The lowest BCUT2D eigenvalue weighted by Crippen LogP contribution is -2.46. The van der Waals surface area contributed by atoms with Gasteiger partial charge in [0.2, 0.25) is 0 Å². The van der Waals surface area contributed by atoms with E-state index in [-0.39, 0.29) is 11.5 Å². The van der Waals surface area contributed by atoms with Crippen molar-refractivity contribution in [2.24, 2.45) is 5.41 Å². The summed E-state index contributed by atoms with van der Waals surface area (Å²) in [5.41, 5.74) is 1.12. The summed E-state index contributed by atoms with van der Waals surface area (Å²) in [6, 6.07) is 8.13. The van der Waals surface area contributed by atoms with Gasteiger partial charge in [0.25, 0.3) is 0 Å². The Balaban J connectivity index is 1.57. The molecule has 1 heterocycles. The molecule has 23 heavy (non-hydrogen) atoms. The molecule has 4 heteroatoms. The maximum atomic E-state index is 11.9. The largest absolute Gasteiger partial charge is 0.490 e. The lowest BCUT2D eigenvalue weighted by atomic mass is 9.93. The van der Waals surface area contributed by atoms with E-state index in [0.29, 0.717) is 19.3 Å². The van der Waals surface area contributed by atoms with E-state index in [4.69, 9.17) is 9.47 Å². The number of rotatable bonds is 4. The first kappa shape index (κ1) is 16.2. The molecule has 2 fully saturated rings. The summed E-state index contributed by atoms with van der Waals surface area (Å²) in [5, 5.41) is 0. The Kier molecular flexibility index (Phi) is 4.79. The average Bonchev–Trinajstić information content (AvgIpc) is 2.54. The third-order valence-corrected chi connectivity index (χ3v) is 4.62. The second-order valence-corrected chi connectivity index (χ2v) is 7.60. The molecule has 1 saturated heterocycles. The van der Waals surface area contributed by atoms with E-state index in [9.17, 15) is 4.79 Å². The van der Waals surface area contributed by atoms with Crippen molar-refractivity contribution in [1.29, 1.82) is 0 Å². The zero-order valence-electron chi connectivity index (χ0n) is 14.2. The number of hydrogen-bond donors (Lipinski definition) is 0. The van der Waals surface area contributed by atoms with Crippen LogP contribution in [0.1, 0.15) is 51.5 Å². The SMILES string of the molecule is CC1(C)COC(=O)N(Cc2ccc(OC3CCCCC3)cc2)C1. The highest BCUT2D eigenvalue weighted by molar-refractivity contribution is 5.68. The molecular formula is C19H27NO3. The van der Waals surface area contributed by atoms with Gasteiger partial charge in [-0.15, -0.1) is 0 Å². The summed E-state index contributed by atoms with van der Waals surface area (Å²) < 4.78 is 11.3.